The molecule has 0 spiro atoms. The van der Waals surface area contributed by atoms with Gasteiger partial charge < -0.3 is 14.9 Å². The Kier molecular flexibility index (Phi) is 6.68. The zero-order chi connectivity index (χ0) is 21.8. The predicted molar refractivity (Wildman–Crippen MR) is 107 cm³/mol. The van der Waals surface area contributed by atoms with Crippen molar-refractivity contribution in [1.29, 1.82) is 0 Å². The van der Waals surface area contributed by atoms with Gasteiger partial charge in [-0.25, -0.2) is 22.9 Å². The number of benzene rings is 1. The minimum Gasteiger partial charge on any atom is -0.443 e. The van der Waals surface area contributed by atoms with E-state index in [4.69, 9.17) is 9.84 Å². The van der Waals surface area contributed by atoms with Crippen LogP contribution in [0.5, 0.6) is 6.01 Å². The van der Waals surface area contributed by atoms with E-state index in [9.17, 15) is 19.1 Å². The summed E-state index contributed by atoms with van der Waals surface area (Å²) in [5, 5.41) is 18.7. The van der Waals surface area contributed by atoms with Crippen LogP contribution in [0, 0.1) is 5.82 Å². The van der Waals surface area contributed by atoms with Crippen molar-refractivity contribution in [3.05, 3.63) is 56.5 Å². The van der Waals surface area contributed by atoms with Gasteiger partial charge in [-0.3, -0.25) is 4.79 Å². The van der Waals surface area contributed by atoms with Crippen molar-refractivity contribution in [2.75, 3.05) is 19.8 Å². The van der Waals surface area contributed by atoms with Crippen LogP contribution in [0.1, 0.15) is 18.9 Å². The molecule has 0 saturated carbocycles. The number of nitrogens with zero attached hydrogens (tertiary/aromatic N) is 4. The SMILES string of the molecule is CCOc1n(Cc2ccc(F)cc2)c2c(=O)n(CCCO)c(=O)n(CCO)c2[n+]1C. The summed E-state index contributed by atoms with van der Waals surface area (Å²) in [7, 11) is 1.68. The van der Waals surface area contributed by atoms with Crippen molar-refractivity contribution < 1.29 is 23.9 Å². The average molecular weight is 421 g/mol. The Labute approximate surface area is 171 Å². The van der Waals surface area contributed by atoms with Crippen LogP contribution in [0.15, 0.2) is 33.9 Å². The number of rotatable bonds is 9. The van der Waals surface area contributed by atoms with Gasteiger partial charge >= 0.3 is 17.3 Å². The van der Waals surface area contributed by atoms with Gasteiger partial charge in [0.1, 0.15) is 5.82 Å². The van der Waals surface area contributed by atoms with Gasteiger partial charge in [0.25, 0.3) is 5.65 Å². The summed E-state index contributed by atoms with van der Waals surface area (Å²) in [6.45, 7) is 1.94. The monoisotopic (exact) mass is 421 g/mol. The molecule has 10 heteroatoms. The molecule has 0 aliphatic heterocycles. The summed E-state index contributed by atoms with van der Waals surface area (Å²) >= 11 is 0. The van der Waals surface area contributed by atoms with Gasteiger partial charge in [-0.2, -0.15) is 4.57 Å². The van der Waals surface area contributed by atoms with Crippen molar-refractivity contribution >= 4 is 11.2 Å². The number of hydrogen-bond acceptors (Lipinski definition) is 5. The molecule has 2 N–H and O–H groups in total. The average Bonchev–Trinajstić information content (AvgIpc) is 2.99. The molecule has 2 heterocycles. The smallest absolute Gasteiger partial charge is 0.400 e. The van der Waals surface area contributed by atoms with Gasteiger partial charge in [0.2, 0.25) is 5.52 Å². The van der Waals surface area contributed by atoms with Gasteiger partial charge in [-0.15, -0.1) is 0 Å². The van der Waals surface area contributed by atoms with Crippen LogP contribution in [0.3, 0.4) is 0 Å². The second-order valence-electron chi connectivity index (χ2n) is 6.85. The first-order valence-electron chi connectivity index (χ1n) is 9.79. The fourth-order valence-corrected chi connectivity index (χ4v) is 3.57. The Morgan fingerprint density at radius 3 is 2.33 bits per heavy atom. The molecule has 0 bridgehead atoms. The highest BCUT2D eigenvalue weighted by Crippen LogP contribution is 2.18. The summed E-state index contributed by atoms with van der Waals surface area (Å²) in [5.41, 5.74) is 0.228. The first-order chi connectivity index (χ1) is 14.4. The van der Waals surface area contributed by atoms with Crippen molar-refractivity contribution in [3.8, 4) is 6.01 Å². The van der Waals surface area contributed by atoms with E-state index in [1.807, 2.05) is 0 Å². The zero-order valence-corrected chi connectivity index (χ0v) is 17.0. The number of aromatic nitrogens is 4. The molecule has 0 amide bonds. The molecule has 0 unspecified atom stereocenters. The Morgan fingerprint density at radius 1 is 1.03 bits per heavy atom. The van der Waals surface area contributed by atoms with Crippen LogP contribution < -0.4 is 20.6 Å². The molecule has 3 aromatic rings. The minimum absolute atomic E-state index is 0.00525. The first-order valence-corrected chi connectivity index (χ1v) is 9.79. The fraction of sp³-hybridized carbons (Fsp3) is 0.450. The molecular formula is C20H26FN4O5+. The van der Waals surface area contributed by atoms with Crippen molar-refractivity contribution in [2.45, 2.75) is 33.0 Å². The zero-order valence-electron chi connectivity index (χ0n) is 17.0. The third-order valence-corrected chi connectivity index (χ3v) is 4.87. The second kappa shape index (κ2) is 9.23. The number of ether oxygens (including phenoxy) is 1. The van der Waals surface area contributed by atoms with E-state index in [1.54, 1.807) is 35.2 Å². The summed E-state index contributed by atoms with van der Waals surface area (Å²) in [4.78, 5) is 26.3. The Hall–Kier alpha value is -2.98. The molecule has 0 atom stereocenters. The van der Waals surface area contributed by atoms with Gasteiger partial charge in [-0.1, -0.05) is 12.1 Å². The molecule has 9 nitrogen and oxygen atoms in total. The molecule has 0 fully saturated rings. The van der Waals surface area contributed by atoms with E-state index in [-0.39, 0.29) is 50.6 Å². The molecular weight excluding hydrogens is 395 g/mol. The number of fused-ring (bicyclic) bond motifs is 1. The van der Waals surface area contributed by atoms with Crippen LogP contribution in [0.2, 0.25) is 0 Å². The van der Waals surface area contributed by atoms with Crippen molar-refractivity contribution in [2.24, 2.45) is 7.05 Å². The molecule has 0 aliphatic carbocycles. The molecule has 0 aliphatic rings. The van der Waals surface area contributed by atoms with Crippen molar-refractivity contribution in [1.82, 2.24) is 13.7 Å². The van der Waals surface area contributed by atoms with E-state index in [0.717, 1.165) is 10.1 Å². The first kappa shape index (κ1) is 21.7. The van der Waals surface area contributed by atoms with E-state index >= 15 is 0 Å². The minimum atomic E-state index is -0.562. The molecule has 1 aromatic carbocycles. The largest absolute Gasteiger partial charge is 0.443 e. The lowest BCUT2D eigenvalue weighted by molar-refractivity contribution is -0.655. The van der Waals surface area contributed by atoms with Gasteiger partial charge in [0.05, 0.1) is 33.4 Å². The predicted octanol–water partition coefficient (Wildman–Crippen LogP) is -0.250. The maximum Gasteiger partial charge on any atom is 0.400 e. The standard InChI is InChI=1S/C20H26FN4O5/c1-3-30-20-22(2)17-16(25(20)13-14-5-7-15(21)8-6-14)18(28)24(9-4-11-26)19(29)23(17)10-12-27/h5-8,26-27H,3-4,9-13H2,1-2H3/q+1. The molecule has 30 heavy (non-hydrogen) atoms. The summed E-state index contributed by atoms with van der Waals surface area (Å²) in [5.74, 6) is -0.366. The van der Waals surface area contributed by atoms with E-state index in [0.29, 0.717) is 18.3 Å². The Bertz CT molecular complexity index is 1150. The van der Waals surface area contributed by atoms with Gasteiger partial charge in [0, 0.05) is 13.2 Å². The Morgan fingerprint density at radius 2 is 1.73 bits per heavy atom. The van der Waals surface area contributed by atoms with E-state index < -0.39 is 11.2 Å². The topological polar surface area (TPSA) is 103 Å². The highest BCUT2D eigenvalue weighted by atomic mass is 19.1. The molecule has 162 valence electrons. The number of halogens is 1. The fourth-order valence-electron chi connectivity index (χ4n) is 3.57. The molecule has 3 rings (SSSR count). The highest BCUT2D eigenvalue weighted by molar-refractivity contribution is 5.68. The number of aliphatic hydroxyl groups excluding tert-OH is 2. The number of hydrogen-bond donors (Lipinski definition) is 2. The summed E-state index contributed by atoms with van der Waals surface area (Å²) in [6.07, 6.45) is 0.239. The number of aryl methyl sites for hydroxylation is 1. The lowest BCUT2D eigenvalue weighted by Crippen LogP contribution is -2.44. The van der Waals surface area contributed by atoms with Crippen LogP contribution in [0.4, 0.5) is 4.39 Å². The third kappa shape index (κ3) is 3.88. The lowest BCUT2D eigenvalue weighted by atomic mass is 10.2. The maximum atomic E-state index is 13.3. The maximum absolute atomic E-state index is 13.3. The molecule has 0 saturated heterocycles. The van der Waals surface area contributed by atoms with E-state index in [1.165, 1.54) is 16.7 Å². The number of aliphatic hydroxyl groups is 2. The van der Waals surface area contributed by atoms with Gasteiger partial charge in [-0.05, 0) is 31.0 Å². The van der Waals surface area contributed by atoms with E-state index in [2.05, 4.69) is 0 Å². The third-order valence-electron chi connectivity index (χ3n) is 4.87. The number of imidazole rings is 1. The van der Waals surface area contributed by atoms with Crippen molar-refractivity contribution in [3.63, 3.8) is 0 Å². The van der Waals surface area contributed by atoms with Gasteiger partial charge in [0.15, 0.2) is 0 Å². The van der Waals surface area contributed by atoms with Crippen LogP contribution in [0.25, 0.3) is 11.2 Å². The summed E-state index contributed by atoms with van der Waals surface area (Å²) < 4.78 is 24.8. The Balaban J connectivity index is 2.36. The normalized spacial score (nSPS) is 11.4. The lowest BCUT2D eigenvalue weighted by Gasteiger charge is -2.08. The highest BCUT2D eigenvalue weighted by Gasteiger charge is 2.31. The second-order valence-corrected chi connectivity index (χ2v) is 6.85. The van der Waals surface area contributed by atoms with Crippen LogP contribution in [-0.2, 0) is 26.7 Å². The van der Waals surface area contributed by atoms with Crippen LogP contribution in [-0.4, -0.2) is 43.7 Å². The molecule has 2 aromatic heterocycles. The summed E-state index contributed by atoms with van der Waals surface area (Å²) in [6, 6.07) is 6.26. The molecule has 0 radical (unpaired) electrons. The van der Waals surface area contributed by atoms with Crippen LogP contribution >= 0.6 is 0 Å². The quantitative estimate of drug-likeness (QED) is 0.464.